The number of hydrogen-bond donors (Lipinski definition) is 1. The second-order valence-electron chi connectivity index (χ2n) is 6.10. The quantitative estimate of drug-likeness (QED) is 0.642. The standard InChI is InChI=1S/C18H15ClF3N3O2S/c1-3-11-7-12-16(28-11)23-8-25(17(12)27)9(2)15(26)24-14-6-10(18(20,21)22)4-5-13(14)19/h4-9H,3H2,1-2H3,(H,24,26)/t9-/m1/s1. The lowest BCUT2D eigenvalue weighted by molar-refractivity contribution is -0.137. The smallest absolute Gasteiger partial charge is 0.323 e. The molecule has 1 amide bonds. The van der Waals surface area contributed by atoms with Crippen LogP contribution >= 0.6 is 22.9 Å². The minimum absolute atomic E-state index is 0.0418. The second kappa shape index (κ2) is 7.56. The van der Waals surface area contributed by atoms with Gasteiger partial charge in [0.25, 0.3) is 5.56 Å². The van der Waals surface area contributed by atoms with E-state index in [1.165, 1.54) is 24.6 Å². The number of benzene rings is 1. The Hall–Kier alpha value is -2.39. The normalized spacial score (nSPS) is 12.9. The minimum Gasteiger partial charge on any atom is -0.323 e. The summed E-state index contributed by atoms with van der Waals surface area (Å²) in [4.78, 5) is 31.0. The summed E-state index contributed by atoms with van der Waals surface area (Å²) < 4.78 is 39.8. The predicted octanol–water partition coefficient (Wildman–Crippen LogP) is 4.89. The van der Waals surface area contributed by atoms with Crippen LogP contribution in [0.2, 0.25) is 5.02 Å². The molecule has 3 aromatic rings. The monoisotopic (exact) mass is 429 g/mol. The van der Waals surface area contributed by atoms with Crippen molar-refractivity contribution in [2.24, 2.45) is 0 Å². The van der Waals surface area contributed by atoms with Crippen molar-refractivity contribution in [3.8, 4) is 0 Å². The third-order valence-electron chi connectivity index (χ3n) is 4.22. The van der Waals surface area contributed by atoms with E-state index in [4.69, 9.17) is 11.6 Å². The van der Waals surface area contributed by atoms with Crippen LogP contribution in [-0.2, 0) is 17.4 Å². The van der Waals surface area contributed by atoms with Gasteiger partial charge in [-0.3, -0.25) is 14.2 Å². The average molecular weight is 430 g/mol. The van der Waals surface area contributed by atoms with E-state index in [-0.39, 0.29) is 10.7 Å². The van der Waals surface area contributed by atoms with Crippen LogP contribution in [0.4, 0.5) is 18.9 Å². The number of halogens is 4. The lowest BCUT2D eigenvalue weighted by atomic mass is 10.2. The molecule has 0 saturated carbocycles. The Balaban J connectivity index is 1.91. The van der Waals surface area contributed by atoms with E-state index >= 15 is 0 Å². The summed E-state index contributed by atoms with van der Waals surface area (Å²) in [6.45, 7) is 3.41. The fourth-order valence-electron chi connectivity index (χ4n) is 2.60. The van der Waals surface area contributed by atoms with Crippen LogP contribution in [0.5, 0.6) is 0 Å². The van der Waals surface area contributed by atoms with Gasteiger partial charge < -0.3 is 5.32 Å². The zero-order valence-electron chi connectivity index (χ0n) is 14.8. The lowest BCUT2D eigenvalue weighted by Crippen LogP contribution is -2.31. The van der Waals surface area contributed by atoms with Gasteiger partial charge in [0.2, 0.25) is 5.91 Å². The third-order valence-corrected chi connectivity index (χ3v) is 5.74. The first-order valence-corrected chi connectivity index (χ1v) is 9.48. The molecular formula is C18H15ClF3N3O2S. The Morgan fingerprint density at radius 2 is 2.07 bits per heavy atom. The Bertz CT molecular complexity index is 1110. The Morgan fingerprint density at radius 3 is 2.71 bits per heavy atom. The Morgan fingerprint density at radius 1 is 1.36 bits per heavy atom. The second-order valence-corrected chi connectivity index (χ2v) is 7.62. The van der Waals surface area contributed by atoms with E-state index in [0.717, 1.165) is 34.1 Å². The van der Waals surface area contributed by atoms with E-state index < -0.39 is 29.2 Å². The fraction of sp³-hybridized carbons (Fsp3) is 0.278. The summed E-state index contributed by atoms with van der Waals surface area (Å²) in [6, 6.07) is 3.37. The van der Waals surface area contributed by atoms with Crippen molar-refractivity contribution < 1.29 is 18.0 Å². The van der Waals surface area contributed by atoms with Crippen LogP contribution in [0.3, 0.4) is 0 Å². The number of hydrogen-bond acceptors (Lipinski definition) is 4. The highest BCUT2D eigenvalue weighted by Gasteiger charge is 2.31. The highest BCUT2D eigenvalue weighted by atomic mass is 35.5. The maximum absolute atomic E-state index is 12.9. The van der Waals surface area contributed by atoms with Gasteiger partial charge in [-0.05, 0) is 37.6 Å². The van der Waals surface area contributed by atoms with Gasteiger partial charge in [0.05, 0.1) is 28.0 Å². The Labute approximate surface area is 166 Å². The van der Waals surface area contributed by atoms with Crippen molar-refractivity contribution in [2.75, 3.05) is 5.32 Å². The summed E-state index contributed by atoms with van der Waals surface area (Å²) in [5, 5.41) is 2.72. The van der Waals surface area contributed by atoms with Crippen LogP contribution in [0.25, 0.3) is 10.2 Å². The van der Waals surface area contributed by atoms with E-state index in [1.54, 1.807) is 6.07 Å². The molecule has 0 saturated heterocycles. The molecule has 3 rings (SSSR count). The number of alkyl halides is 3. The van der Waals surface area contributed by atoms with Crippen LogP contribution < -0.4 is 10.9 Å². The molecule has 0 spiro atoms. The number of fused-ring (bicyclic) bond motifs is 1. The van der Waals surface area contributed by atoms with E-state index in [2.05, 4.69) is 10.3 Å². The molecule has 10 heteroatoms. The number of nitrogens with one attached hydrogen (secondary N) is 1. The van der Waals surface area contributed by atoms with Crippen LogP contribution in [-0.4, -0.2) is 15.5 Å². The fourth-order valence-corrected chi connectivity index (χ4v) is 3.69. The van der Waals surface area contributed by atoms with Crippen molar-refractivity contribution in [3.63, 3.8) is 0 Å². The van der Waals surface area contributed by atoms with Gasteiger partial charge in [-0.15, -0.1) is 11.3 Å². The highest BCUT2D eigenvalue weighted by molar-refractivity contribution is 7.18. The van der Waals surface area contributed by atoms with Gasteiger partial charge in [-0.2, -0.15) is 13.2 Å². The molecule has 2 heterocycles. The molecule has 28 heavy (non-hydrogen) atoms. The van der Waals surface area contributed by atoms with Crippen molar-refractivity contribution >= 4 is 44.7 Å². The van der Waals surface area contributed by atoms with Crippen LogP contribution in [0.1, 0.15) is 30.3 Å². The largest absolute Gasteiger partial charge is 0.416 e. The number of thiophene rings is 1. The highest BCUT2D eigenvalue weighted by Crippen LogP contribution is 2.34. The van der Waals surface area contributed by atoms with Gasteiger partial charge in [0.1, 0.15) is 10.9 Å². The molecule has 2 aromatic heterocycles. The molecule has 1 N–H and O–H groups in total. The maximum atomic E-state index is 12.9. The van der Waals surface area contributed by atoms with E-state index in [9.17, 15) is 22.8 Å². The third kappa shape index (κ3) is 3.90. The predicted molar refractivity (Wildman–Crippen MR) is 103 cm³/mol. The first kappa shape index (κ1) is 20.3. The summed E-state index contributed by atoms with van der Waals surface area (Å²) in [6.07, 6.45) is -2.55. The molecule has 1 atom stereocenters. The molecular weight excluding hydrogens is 415 g/mol. The topological polar surface area (TPSA) is 64.0 Å². The minimum atomic E-state index is -4.57. The number of carbonyl (C=O) groups excluding carboxylic acids is 1. The average Bonchev–Trinajstić information content (AvgIpc) is 3.06. The number of aromatic nitrogens is 2. The summed E-state index contributed by atoms with van der Waals surface area (Å²) >= 11 is 7.31. The number of carbonyl (C=O) groups is 1. The SMILES string of the molecule is CCc1cc2c(=O)n([C@H](C)C(=O)Nc3cc(C(F)(F)F)ccc3Cl)cnc2s1. The van der Waals surface area contributed by atoms with Gasteiger partial charge >= 0.3 is 6.18 Å². The number of anilines is 1. The Kier molecular flexibility index (Phi) is 5.49. The number of rotatable bonds is 4. The van der Waals surface area contributed by atoms with Gasteiger partial charge in [-0.1, -0.05) is 18.5 Å². The number of nitrogens with zero attached hydrogens (tertiary/aromatic N) is 2. The molecule has 0 aliphatic rings. The summed E-state index contributed by atoms with van der Waals surface area (Å²) in [5.41, 5.74) is -1.51. The van der Waals surface area contributed by atoms with Gasteiger partial charge in [-0.25, -0.2) is 4.98 Å². The van der Waals surface area contributed by atoms with E-state index in [0.29, 0.717) is 10.2 Å². The van der Waals surface area contributed by atoms with Crippen molar-refractivity contribution in [1.82, 2.24) is 9.55 Å². The van der Waals surface area contributed by atoms with Crippen molar-refractivity contribution in [3.05, 3.63) is 56.4 Å². The molecule has 0 unspecified atom stereocenters. The molecule has 1 aromatic carbocycles. The lowest BCUT2D eigenvalue weighted by Gasteiger charge is -2.16. The molecule has 0 aliphatic carbocycles. The summed E-state index contributed by atoms with van der Waals surface area (Å²) in [7, 11) is 0. The zero-order valence-corrected chi connectivity index (χ0v) is 16.4. The first-order valence-electron chi connectivity index (χ1n) is 8.29. The van der Waals surface area contributed by atoms with Crippen LogP contribution in [0.15, 0.2) is 35.4 Å². The number of aryl methyl sites for hydroxylation is 1. The molecule has 0 aliphatic heterocycles. The number of amides is 1. The van der Waals surface area contributed by atoms with E-state index in [1.807, 2.05) is 6.92 Å². The first-order chi connectivity index (χ1) is 13.1. The van der Waals surface area contributed by atoms with Crippen molar-refractivity contribution in [1.29, 1.82) is 0 Å². The molecule has 0 radical (unpaired) electrons. The van der Waals surface area contributed by atoms with Crippen LogP contribution in [0, 0.1) is 0 Å². The van der Waals surface area contributed by atoms with Crippen molar-refractivity contribution in [2.45, 2.75) is 32.5 Å². The summed E-state index contributed by atoms with van der Waals surface area (Å²) in [5.74, 6) is -0.685. The zero-order chi connectivity index (χ0) is 20.6. The molecule has 0 bridgehead atoms. The molecule has 148 valence electrons. The molecule has 0 fully saturated rings. The van der Waals surface area contributed by atoms with Gasteiger partial charge in [0.15, 0.2) is 0 Å². The van der Waals surface area contributed by atoms with Gasteiger partial charge in [0, 0.05) is 4.88 Å². The maximum Gasteiger partial charge on any atom is 0.416 e. The molecule has 5 nitrogen and oxygen atoms in total.